The van der Waals surface area contributed by atoms with E-state index in [9.17, 15) is 14.9 Å². The predicted octanol–water partition coefficient (Wildman–Crippen LogP) is 4.65. The molecule has 1 fully saturated rings. The highest BCUT2D eigenvalue weighted by Crippen LogP contribution is 2.32. The third-order valence-corrected chi connectivity index (χ3v) is 7.71. The Kier molecular flexibility index (Phi) is 9.61. The van der Waals surface area contributed by atoms with Gasteiger partial charge in [-0.3, -0.25) is 14.3 Å². The van der Waals surface area contributed by atoms with Gasteiger partial charge in [0.15, 0.2) is 11.5 Å². The second-order valence-electron chi connectivity index (χ2n) is 10.4. The van der Waals surface area contributed by atoms with Crippen molar-refractivity contribution in [2.75, 3.05) is 20.3 Å². The van der Waals surface area contributed by atoms with Crippen molar-refractivity contribution in [3.63, 3.8) is 0 Å². The van der Waals surface area contributed by atoms with Crippen LogP contribution in [-0.4, -0.2) is 34.3 Å². The number of aromatic nitrogens is 2. The van der Waals surface area contributed by atoms with Crippen LogP contribution in [0, 0.1) is 17.2 Å². The number of methoxy groups -OCH3 is 1. The molecule has 39 heavy (non-hydrogen) atoms. The number of ether oxygens (including phenoxy) is 2. The summed E-state index contributed by atoms with van der Waals surface area (Å²) < 4.78 is 14.1. The number of nitriles is 1. The Morgan fingerprint density at radius 1 is 1.05 bits per heavy atom. The molecule has 1 aliphatic carbocycles. The topological polar surface area (TPSA) is 89.5 Å². The summed E-state index contributed by atoms with van der Waals surface area (Å²) in [5.41, 5.74) is 2.26. The highest BCUT2D eigenvalue weighted by molar-refractivity contribution is 5.43. The molecular weight excluding hydrogens is 492 g/mol. The SMILES string of the molecule is COc1cc(CN(CC2CCCCC2)C(C)c2ccc(C#N)cc2)ccc1OCCn1c(=O)ccn(C)c1=O. The second-order valence-corrected chi connectivity index (χ2v) is 10.4. The average Bonchev–Trinajstić information content (AvgIpc) is 2.97. The molecule has 0 aliphatic heterocycles. The number of hydrogen-bond donors (Lipinski definition) is 0. The van der Waals surface area contributed by atoms with Gasteiger partial charge in [0.2, 0.25) is 0 Å². The van der Waals surface area contributed by atoms with Crippen LogP contribution in [0.2, 0.25) is 0 Å². The largest absolute Gasteiger partial charge is 0.493 e. The Hall–Kier alpha value is -3.83. The Bertz CT molecular complexity index is 1400. The lowest BCUT2D eigenvalue weighted by Crippen LogP contribution is -2.39. The molecular formula is C31H38N4O4. The number of hydrogen-bond acceptors (Lipinski definition) is 6. The molecule has 0 radical (unpaired) electrons. The van der Waals surface area contributed by atoms with E-state index in [1.165, 1.54) is 54.5 Å². The van der Waals surface area contributed by atoms with Crippen LogP contribution in [0.25, 0.3) is 0 Å². The Morgan fingerprint density at radius 3 is 2.49 bits per heavy atom. The molecule has 1 aromatic heterocycles. The maximum Gasteiger partial charge on any atom is 0.330 e. The van der Waals surface area contributed by atoms with E-state index in [0.717, 1.165) is 23.2 Å². The molecule has 1 saturated carbocycles. The summed E-state index contributed by atoms with van der Waals surface area (Å²) in [5, 5.41) is 9.19. The number of rotatable bonds is 11. The van der Waals surface area contributed by atoms with E-state index >= 15 is 0 Å². The van der Waals surface area contributed by atoms with Crippen LogP contribution >= 0.6 is 0 Å². The number of benzene rings is 2. The third kappa shape index (κ3) is 7.18. The average molecular weight is 531 g/mol. The van der Waals surface area contributed by atoms with Crippen LogP contribution < -0.4 is 20.7 Å². The van der Waals surface area contributed by atoms with E-state index in [1.54, 1.807) is 14.2 Å². The van der Waals surface area contributed by atoms with Gasteiger partial charge in [-0.05, 0) is 61.1 Å². The van der Waals surface area contributed by atoms with Crippen LogP contribution in [0.15, 0.2) is 64.3 Å². The van der Waals surface area contributed by atoms with Crippen molar-refractivity contribution >= 4 is 0 Å². The van der Waals surface area contributed by atoms with Gasteiger partial charge in [-0.1, -0.05) is 37.5 Å². The molecule has 8 heteroatoms. The molecule has 1 unspecified atom stereocenters. The molecule has 0 spiro atoms. The van der Waals surface area contributed by atoms with Gasteiger partial charge >= 0.3 is 5.69 Å². The van der Waals surface area contributed by atoms with Crippen molar-refractivity contribution in [3.8, 4) is 17.6 Å². The summed E-state index contributed by atoms with van der Waals surface area (Å²) in [6.45, 7) is 4.31. The molecule has 0 N–H and O–H groups in total. The molecule has 8 nitrogen and oxygen atoms in total. The minimum Gasteiger partial charge on any atom is -0.493 e. The predicted molar refractivity (Wildman–Crippen MR) is 151 cm³/mol. The zero-order chi connectivity index (χ0) is 27.8. The normalized spacial score (nSPS) is 14.6. The third-order valence-electron chi connectivity index (χ3n) is 7.71. The fourth-order valence-corrected chi connectivity index (χ4v) is 5.34. The van der Waals surface area contributed by atoms with E-state index < -0.39 is 0 Å². The maximum atomic E-state index is 12.3. The van der Waals surface area contributed by atoms with Crippen molar-refractivity contribution in [2.24, 2.45) is 13.0 Å². The lowest BCUT2D eigenvalue weighted by molar-refractivity contribution is 0.149. The highest BCUT2D eigenvalue weighted by Gasteiger charge is 2.23. The van der Waals surface area contributed by atoms with Gasteiger partial charge in [0.25, 0.3) is 5.56 Å². The zero-order valence-electron chi connectivity index (χ0n) is 23.1. The number of nitrogens with zero attached hydrogens (tertiary/aromatic N) is 4. The lowest BCUT2D eigenvalue weighted by Gasteiger charge is -2.34. The number of aryl methyl sites for hydroxylation is 1. The molecule has 3 aromatic rings. The molecule has 0 amide bonds. The molecule has 206 valence electrons. The van der Waals surface area contributed by atoms with E-state index in [-0.39, 0.29) is 30.4 Å². The lowest BCUT2D eigenvalue weighted by atomic mass is 9.88. The molecule has 2 aromatic carbocycles. The summed E-state index contributed by atoms with van der Waals surface area (Å²) in [7, 11) is 3.23. The van der Waals surface area contributed by atoms with Crippen LogP contribution in [0.4, 0.5) is 0 Å². The quantitative estimate of drug-likeness (QED) is 0.359. The molecule has 1 aliphatic rings. The van der Waals surface area contributed by atoms with E-state index in [2.05, 4.69) is 30.0 Å². The summed E-state index contributed by atoms with van der Waals surface area (Å²) in [6.07, 6.45) is 7.91. The second kappa shape index (κ2) is 13.3. The molecule has 1 atom stereocenters. The van der Waals surface area contributed by atoms with Crippen LogP contribution in [0.5, 0.6) is 11.5 Å². The molecule has 0 saturated heterocycles. The molecule has 4 rings (SSSR count). The van der Waals surface area contributed by atoms with Crippen molar-refractivity contribution in [2.45, 2.75) is 58.2 Å². The molecule has 1 heterocycles. The first-order valence-corrected chi connectivity index (χ1v) is 13.7. The van der Waals surface area contributed by atoms with E-state index in [4.69, 9.17) is 9.47 Å². The van der Waals surface area contributed by atoms with Crippen molar-refractivity contribution in [1.82, 2.24) is 14.0 Å². The highest BCUT2D eigenvalue weighted by atomic mass is 16.5. The fourth-order valence-electron chi connectivity index (χ4n) is 5.34. The van der Waals surface area contributed by atoms with Crippen LogP contribution in [-0.2, 0) is 20.1 Å². The zero-order valence-corrected chi connectivity index (χ0v) is 23.1. The first kappa shape index (κ1) is 28.2. The van der Waals surface area contributed by atoms with Crippen molar-refractivity contribution in [3.05, 3.63) is 92.3 Å². The first-order valence-electron chi connectivity index (χ1n) is 13.7. The van der Waals surface area contributed by atoms with Gasteiger partial charge in [0.1, 0.15) is 6.61 Å². The Balaban J connectivity index is 1.48. The maximum absolute atomic E-state index is 12.3. The van der Waals surface area contributed by atoms with E-state index in [1.807, 2.05) is 30.3 Å². The van der Waals surface area contributed by atoms with Crippen molar-refractivity contribution in [1.29, 1.82) is 5.26 Å². The van der Waals surface area contributed by atoms with Gasteiger partial charge < -0.3 is 14.0 Å². The van der Waals surface area contributed by atoms with Crippen molar-refractivity contribution < 1.29 is 9.47 Å². The standard InChI is InChI=1S/C31H38N4O4/c1-23(27-12-9-24(20-32)10-13-27)34(21-25-7-5-4-6-8-25)22-26-11-14-28(29(19-26)38-3)39-18-17-35-30(36)15-16-33(2)31(35)37/h9-16,19,23,25H,4-8,17-18,21-22H2,1-3H3. The van der Waals surface area contributed by atoms with Gasteiger partial charge in [-0.15, -0.1) is 0 Å². The fraction of sp³-hybridized carbons (Fsp3) is 0.452. The van der Waals surface area contributed by atoms with Gasteiger partial charge in [0.05, 0.1) is 25.3 Å². The van der Waals surface area contributed by atoms with Gasteiger partial charge in [-0.25, -0.2) is 4.79 Å². The van der Waals surface area contributed by atoms with Crippen LogP contribution in [0.3, 0.4) is 0 Å². The smallest absolute Gasteiger partial charge is 0.330 e. The first-order chi connectivity index (χ1) is 18.9. The van der Waals surface area contributed by atoms with E-state index in [0.29, 0.717) is 23.0 Å². The van der Waals surface area contributed by atoms with Crippen LogP contribution in [0.1, 0.15) is 61.8 Å². The molecule has 0 bridgehead atoms. The summed E-state index contributed by atoms with van der Waals surface area (Å²) in [4.78, 5) is 26.9. The summed E-state index contributed by atoms with van der Waals surface area (Å²) in [5.74, 6) is 1.86. The Morgan fingerprint density at radius 2 is 1.79 bits per heavy atom. The summed E-state index contributed by atoms with van der Waals surface area (Å²) >= 11 is 0. The minimum atomic E-state index is -0.372. The minimum absolute atomic E-state index is 0.147. The Labute approximate surface area is 230 Å². The monoisotopic (exact) mass is 530 g/mol. The summed E-state index contributed by atoms with van der Waals surface area (Å²) in [6, 6.07) is 17.6. The van der Waals surface area contributed by atoms with Gasteiger partial charge in [0, 0.05) is 38.4 Å². The van der Waals surface area contributed by atoms with Gasteiger partial charge in [-0.2, -0.15) is 5.26 Å².